The molecule has 2 aromatic rings. The van der Waals surface area contributed by atoms with Crippen molar-refractivity contribution in [2.75, 3.05) is 0 Å². The van der Waals surface area contributed by atoms with Gasteiger partial charge in [0.1, 0.15) is 18.1 Å². The maximum absolute atomic E-state index is 2.30. The molecule has 0 saturated carbocycles. The number of para-hydroxylation sites is 1. The van der Waals surface area contributed by atoms with Gasteiger partial charge in [0.05, 0.1) is 6.54 Å². The lowest BCUT2D eigenvalue weighted by atomic mass is 10.1. The molecule has 1 aromatic carbocycles. The fourth-order valence-electron chi connectivity index (χ4n) is 3.06. The molecule has 0 amide bonds. The van der Waals surface area contributed by atoms with Crippen LogP contribution in [0.4, 0.5) is 0 Å². The standard InChI is InChI=1S/C21H33N2/c1-2-3-4-5-6-7-8-9-10-14-17-22-18-19-23(20-22)21-15-12-11-13-16-21/h11-13,15-16,18-20H,2-10,14,17H2,1H3/q+1. The number of hydrogen-bond acceptors (Lipinski definition) is 0. The highest BCUT2D eigenvalue weighted by Gasteiger charge is 2.05. The molecule has 2 rings (SSSR count). The van der Waals surface area contributed by atoms with E-state index in [9.17, 15) is 0 Å². The number of hydrogen-bond donors (Lipinski definition) is 0. The fourth-order valence-corrected chi connectivity index (χ4v) is 3.06. The predicted octanol–water partition coefficient (Wildman–Crippen LogP) is 5.69. The van der Waals surface area contributed by atoms with E-state index in [-0.39, 0.29) is 0 Å². The Morgan fingerprint density at radius 2 is 1.39 bits per heavy atom. The average Bonchev–Trinajstić information content (AvgIpc) is 3.06. The van der Waals surface area contributed by atoms with Gasteiger partial charge in [0.2, 0.25) is 6.33 Å². The summed E-state index contributed by atoms with van der Waals surface area (Å²) in [6.07, 6.45) is 20.5. The van der Waals surface area contributed by atoms with Crippen LogP contribution in [0.5, 0.6) is 0 Å². The molecule has 0 unspecified atom stereocenters. The topological polar surface area (TPSA) is 8.81 Å². The van der Waals surface area contributed by atoms with Crippen molar-refractivity contribution in [1.29, 1.82) is 0 Å². The summed E-state index contributed by atoms with van der Waals surface area (Å²) in [5.41, 5.74) is 1.23. The SMILES string of the molecule is CCCCCCCCCCCC[n+]1ccn(-c2ccccc2)c1. The van der Waals surface area contributed by atoms with Gasteiger partial charge >= 0.3 is 0 Å². The van der Waals surface area contributed by atoms with E-state index in [4.69, 9.17) is 0 Å². The first-order valence-electron chi connectivity index (χ1n) is 9.52. The van der Waals surface area contributed by atoms with Crippen LogP contribution in [0.2, 0.25) is 0 Å². The van der Waals surface area contributed by atoms with Gasteiger partial charge in [0.25, 0.3) is 0 Å². The van der Waals surface area contributed by atoms with Gasteiger partial charge in [-0.2, -0.15) is 0 Å². The molecule has 126 valence electrons. The first-order chi connectivity index (χ1) is 11.4. The zero-order valence-electron chi connectivity index (χ0n) is 14.8. The van der Waals surface area contributed by atoms with Crippen LogP contribution in [-0.4, -0.2) is 4.57 Å². The van der Waals surface area contributed by atoms with Crippen molar-refractivity contribution in [2.45, 2.75) is 77.7 Å². The number of aryl methyl sites for hydroxylation is 1. The van der Waals surface area contributed by atoms with E-state index in [2.05, 4.69) is 65.1 Å². The summed E-state index contributed by atoms with van der Waals surface area (Å²) < 4.78 is 4.49. The van der Waals surface area contributed by atoms with Gasteiger partial charge in [-0.15, -0.1) is 0 Å². The number of benzene rings is 1. The number of aromatic nitrogens is 2. The molecule has 0 fully saturated rings. The summed E-state index contributed by atoms with van der Waals surface area (Å²) in [6.45, 7) is 3.42. The van der Waals surface area contributed by atoms with Crippen LogP contribution in [0.15, 0.2) is 49.1 Å². The lowest BCUT2D eigenvalue weighted by Crippen LogP contribution is -2.30. The monoisotopic (exact) mass is 313 g/mol. The van der Waals surface area contributed by atoms with Crippen molar-refractivity contribution in [2.24, 2.45) is 0 Å². The molecule has 0 aliphatic rings. The first-order valence-corrected chi connectivity index (χ1v) is 9.52. The normalized spacial score (nSPS) is 11.0. The van der Waals surface area contributed by atoms with Gasteiger partial charge < -0.3 is 0 Å². The highest BCUT2D eigenvalue weighted by Crippen LogP contribution is 2.10. The number of rotatable bonds is 12. The average molecular weight is 314 g/mol. The maximum Gasteiger partial charge on any atom is 0.248 e. The van der Waals surface area contributed by atoms with E-state index in [1.807, 2.05) is 0 Å². The zero-order valence-corrected chi connectivity index (χ0v) is 14.8. The highest BCUT2D eigenvalue weighted by molar-refractivity contribution is 5.30. The molecule has 0 radical (unpaired) electrons. The third kappa shape index (κ3) is 7.02. The summed E-state index contributed by atoms with van der Waals surface area (Å²) in [7, 11) is 0. The molecule has 0 aliphatic heterocycles. The van der Waals surface area contributed by atoms with Gasteiger partial charge in [0, 0.05) is 0 Å². The Kier molecular flexibility index (Phi) is 8.53. The Morgan fingerprint density at radius 1 is 0.783 bits per heavy atom. The Morgan fingerprint density at radius 3 is 2.04 bits per heavy atom. The van der Waals surface area contributed by atoms with Crippen LogP contribution in [0.25, 0.3) is 5.69 Å². The second-order valence-electron chi connectivity index (χ2n) is 6.58. The van der Waals surface area contributed by atoms with E-state index in [1.54, 1.807) is 0 Å². The molecule has 0 aliphatic carbocycles. The molecule has 0 N–H and O–H groups in total. The van der Waals surface area contributed by atoms with Crippen LogP contribution in [-0.2, 0) is 6.54 Å². The van der Waals surface area contributed by atoms with Crippen LogP contribution < -0.4 is 4.57 Å². The minimum Gasteiger partial charge on any atom is -0.236 e. The Balaban J connectivity index is 1.53. The fraction of sp³-hybridized carbons (Fsp3) is 0.571. The van der Waals surface area contributed by atoms with Crippen molar-refractivity contribution in [3.63, 3.8) is 0 Å². The third-order valence-electron chi connectivity index (χ3n) is 4.52. The summed E-state index contributed by atoms with van der Waals surface area (Å²) >= 11 is 0. The van der Waals surface area contributed by atoms with Gasteiger partial charge in [-0.1, -0.05) is 76.5 Å². The second kappa shape index (κ2) is 11.0. The van der Waals surface area contributed by atoms with Gasteiger partial charge in [-0.25, -0.2) is 9.13 Å². The summed E-state index contributed by atoms with van der Waals surface area (Å²) in [6, 6.07) is 10.5. The maximum atomic E-state index is 2.30. The lowest BCUT2D eigenvalue weighted by molar-refractivity contribution is -0.696. The van der Waals surface area contributed by atoms with Crippen molar-refractivity contribution in [3.8, 4) is 5.69 Å². The number of unbranched alkanes of at least 4 members (excludes halogenated alkanes) is 9. The van der Waals surface area contributed by atoms with Crippen LogP contribution in [0, 0.1) is 0 Å². The molecule has 0 saturated heterocycles. The van der Waals surface area contributed by atoms with E-state index in [1.165, 1.54) is 69.9 Å². The lowest BCUT2D eigenvalue weighted by Gasteiger charge is -2.01. The van der Waals surface area contributed by atoms with Gasteiger partial charge in [0.15, 0.2) is 0 Å². The molecule has 2 heteroatoms. The zero-order chi connectivity index (χ0) is 16.2. The van der Waals surface area contributed by atoms with E-state index >= 15 is 0 Å². The van der Waals surface area contributed by atoms with Gasteiger partial charge in [-0.3, -0.25) is 0 Å². The predicted molar refractivity (Wildman–Crippen MR) is 97.8 cm³/mol. The quantitative estimate of drug-likeness (QED) is 0.352. The third-order valence-corrected chi connectivity index (χ3v) is 4.52. The molecular weight excluding hydrogens is 280 g/mol. The Labute approximate surface area is 142 Å². The summed E-state index contributed by atoms with van der Waals surface area (Å²) in [4.78, 5) is 0. The molecular formula is C21H33N2+. The minimum atomic E-state index is 1.14. The Bertz CT molecular complexity index is 516. The summed E-state index contributed by atoms with van der Waals surface area (Å²) in [5.74, 6) is 0. The van der Waals surface area contributed by atoms with Gasteiger partial charge in [-0.05, 0) is 25.0 Å². The smallest absolute Gasteiger partial charge is 0.236 e. The van der Waals surface area contributed by atoms with Crippen LogP contribution >= 0.6 is 0 Å². The van der Waals surface area contributed by atoms with Crippen molar-refractivity contribution in [3.05, 3.63) is 49.1 Å². The molecule has 0 spiro atoms. The van der Waals surface area contributed by atoms with E-state index in [0.29, 0.717) is 0 Å². The number of imidazole rings is 1. The van der Waals surface area contributed by atoms with Crippen molar-refractivity contribution >= 4 is 0 Å². The largest absolute Gasteiger partial charge is 0.248 e. The van der Waals surface area contributed by atoms with E-state index in [0.717, 1.165) is 6.54 Å². The molecule has 1 aromatic heterocycles. The van der Waals surface area contributed by atoms with E-state index < -0.39 is 0 Å². The van der Waals surface area contributed by atoms with Crippen LogP contribution in [0.3, 0.4) is 0 Å². The van der Waals surface area contributed by atoms with Crippen molar-refractivity contribution in [1.82, 2.24) is 4.57 Å². The second-order valence-corrected chi connectivity index (χ2v) is 6.58. The van der Waals surface area contributed by atoms with Crippen molar-refractivity contribution < 1.29 is 4.57 Å². The molecule has 1 heterocycles. The molecule has 2 nitrogen and oxygen atoms in total. The molecule has 0 bridgehead atoms. The van der Waals surface area contributed by atoms with Crippen LogP contribution in [0.1, 0.15) is 71.1 Å². The highest BCUT2D eigenvalue weighted by atomic mass is 15.1. The summed E-state index contributed by atoms with van der Waals surface area (Å²) in [5, 5.41) is 0. The molecule has 23 heavy (non-hydrogen) atoms. The Hall–Kier alpha value is -1.57. The minimum absolute atomic E-state index is 1.14. The number of nitrogens with zero attached hydrogens (tertiary/aromatic N) is 2. The molecule has 0 atom stereocenters. The first kappa shape index (κ1) is 17.8.